The molecule has 0 spiro atoms. The fourth-order valence-electron chi connectivity index (χ4n) is 3.09. The Balaban J connectivity index is 1.69. The Hall–Kier alpha value is -2.39. The molecule has 142 valence electrons. The molecule has 1 aromatic carbocycles. The second-order valence-corrected chi connectivity index (χ2v) is 6.51. The van der Waals surface area contributed by atoms with Gasteiger partial charge in [0.2, 0.25) is 5.91 Å². The number of likely N-dealkylation sites (N-methyl/N-ethyl adjacent to an activating group) is 1. The monoisotopic (exact) mass is 365 g/mol. The Morgan fingerprint density at radius 1 is 1.38 bits per heavy atom. The molecule has 1 atom stereocenters. The van der Waals surface area contributed by atoms with Crippen molar-refractivity contribution < 1.29 is 18.7 Å². The van der Waals surface area contributed by atoms with Crippen LogP contribution in [0.2, 0.25) is 0 Å². The van der Waals surface area contributed by atoms with Gasteiger partial charge in [-0.25, -0.2) is 14.2 Å². The number of hydrogen-bond acceptors (Lipinski definition) is 6. The van der Waals surface area contributed by atoms with Gasteiger partial charge in [0.1, 0.15) is 11.9 Å². The first kappa shape index (κ1) is 18.4. The van der Waals surface area contributed by atoms with E-state index in [9.17, 15) is 14.0 Å². The number of rotatable bonds is 4. The van der Waals surface area contributed by atoms with Gasteiger partial charge in [-0.3, -0.25) is 15.1 Å². The molecule has 2 aliphatic heterocycles. The molecular weight excluding hydrogens is 341 g/mol. The average molecular weight is 365 g/mol. The quantitative estimate of drug-likeness (QED) is 0.811. The molecule has 2 amide bonds. The number of nitrogens with one attached hydrogen (secondary N) is 2. The Morgan fingerprint density at radius 3 is 2.92 bits per heavy atom. The van der Waals surface area contributed by atoms with Crippen molar-refractivity contribution >= 4 is 23.4 Å². The molecule has 2 fully saturated rings. The van der Waals surface area contributed by atoms with E-state index in [0.29, 0.717) is 24.5 Å². The Morgan fingerprint density at radius 2 is 2.19 bits per heavy atom. The third kappa shape index (κ3) is 4.23. The van der Waals surface area contributed by atoms with Crippen LogP contribution in [0.15, 0.2) is 18.2 Å². The van der Waals surface area contributed by atoms with Crippen molar-refractivity contribution in [3.8, 4) is 0 Å². The van der Waals surface area contributed by atoms with Gasteiger partial charge in [0.25, 0.3) is 0 Å². The summed E-state index contributed by atoms with van der Waals surface area (Å²) in [6.07, 6.45) is -0.977. The van der Waals surface area contributed by atoms with Crippen LogP contribution < -0.4 is 20.5 Å². The molecule has 2 aliphatic rings. The number of halogens is 1. The minimum absolute atomic E-state index is 0.188. The lowest BCUT2D eigenvalue weighted by atomic mass is 10.2. The first-order valence-corrected chi connectivity index (χ1v) is 8.66. The molecule has 9 heteroatoms. The van der Waals surface area contributed by atoms with Gasteiger partial charge in [-0.2, -0.15) is 0 Å². The van der Waals surface area contributed by atoms with Gasteiger partial charge in [-0.15, -0.1) is 0 Å². The van der Waals surface area contributed by atoms with Crippen LogP contribution in [0.25, 0.3) is 0 Å². The van der Waals surface area contributed by atoms with E-state index < -0.39 is 12.2 Å². The topological polar surface area (TPSA) is 77.2 Å². The second-order valence-electron chi connectivity index (χ2n) is 6.51. The van der Waals surface area contributed by atoms with Crippen LogP contribution in [0.5, 0.6) is 0 Å². The molecule has 2 saturated heterocycles. The molecule has 8 nitrogen and oxygen atoms in total. The van der Waals surface area contributed by atoms with Gasteiger partial charge in [0.15, 0.2) is 0 Å². The summed E-state index contributed by atoms with van der Waals surface area (Å²) in [5, 5.41) is 4.61. The Bertz CT molecular complexity index is 686. The molecule has 0 aliphatic carbocycles. The van der Waals surface area contributed by atoms with E-state index in [1.54, 1.807) is 12.1 Å². The Labute approximate surface area is 151 Å². The summed E-state index contributed by atoms with van der Waals surface area (Å²) in [6, 6.07) is 4.78. The predicted octanol–water partition coefficient (Wildman–Crippen LogP) is 0.543. The van der Waals surface area contributed by atoms with Crippen LogP contribution in [0, 0.1) is 5.82 Å². The zero-order valence-corrected chi connectivity index (χ0v) is 15.0. The summed E-state index contributed by atoms with van der Waals surface area (Å²) in [4.78, 5) is 26.4. The SMILES string of the molecule is CC(=O)NC[C@H]1CN(c2ccc(N3CCNN(C)CC3)c(F)c2)C(=O)O1. The van der Waals surface area contributed by atoms with E-state index in [-0.39, 0.29) is 24.8 Å². The maximum absolute atomic E-state index is 14.7. The van der Waals surface area contributed by atoms with Crippen molar-refractivity contribution in [2.75, 3.05) is 56.1 Å². The number of benzene rings is 1. The summed E-state index contributed by atoms with van der Waals surface area (Å²) >= 11 is 0. The molecular formula is C17H24FN5O3. The number of amides is 2. The third-order valence-corrected chi connectivity index (χ3v) is 4.51. The van der Waals surface area contributed by atoms with Crippen LogP contribution in [0.4, 0.5) is 20.6 Å². The molecule has 2 heterocycles. The minimum atomic E-state index is -0.534. The highest BCUT2D eigenvalue weighted by Gasteiger charge is 2.33. The first-order chi connectivity index (χ1) is 12.4. The lowest BCUT2D eigenvalue weighted by Gasteiger charge is -2.24. The number of anilines is 2. The van der Waals surface area contributed by atoms with Crippen molar-refractivity contribution in [2.24, 2.45) is 0 Å². The number of cyclic esters (lactones) is 1. The highest BCUT2D eigenvalue weighted by atomic mass is 19.1. The third-order valence-electron chi connectivity index (χ3n) is 4.51. The summed E-state index contributed by atoms with van der Waals surface area (Å²) in [5.74, 6) is -0.558. The van der Waals surface area contributed by atoms with E-state index >= 15 is 0 Å². The summed E-state index contributed by atoms with van der Waals surface area (Å²) < 4.78 is 19.9. The van der Waals surface area contributed by atoms with Crippen LogP contribution in [-0.2, 0) is 9.53 Å². The zero-order chi connectivity index (χ0) is 18.7. The number of hydrazine groups is 1. The van der Waals surface area contributed by atoms with Gasteiger partial charge < -0.3 is 15.0 Å². The second kappa shape index (κ2) is 7.88. The van der Waals surface area contributed by atoms with Gasteiger partial charge in [0, 0.05) is 40.2 Å². The molecule has 26 heavy (non-hydrogen) atoms. The molecule has 3 rings (SSSR count). The smallest absolute Gasteiger partial charge is 0.414 e. The molecule has 0 radical (unpaired) electrons. The van der Waals surface area contributed by atoms with E-state index in [0.717, 1.165) is 13.1 Å². The highest BCUT2D eigenvalue weighted by molar-refractivity contribution is 5.90. The average Bonchev–Trinajstić information content (AvgIpc) is 2.83. The van der Waals surface area contributed by atoms with Crippen molar-refractivity contribution in [3.63, 3.8) is 0 Å². The van der Waals surface area contributed by atoms with Crippen LogP contribution in [-0.4, -0.2) is 69.4 Å². The number of nitrogens with zero attached hydrogens (tertiary/aromatic N) is 3. The van der Waals surface area contributed by atoms with E-state index in [1.807, 2.05) is 17.0 Å². The van der Waals surface area contributed by atoms with Gasteiger partial charge in [0.05, 0.1) is 24.5 Å². The predicted molar refractivity (Wildman–Crippen MR) is 95.5 cm³/mol. The van der Waals surface area contributed by atoms with E-state index in [4.69, 9.17) is 4.74 Å². The lowest BCUT2D eigenvalue weighted by Crippen LogP contribution is -2.34. The number of ether oxygens (including phenoxy) is 1. The minimum Gasteiger partial charge on any atom is -0.442 e. The number of carbonyl (C=O) groups excluding carboxylic acids is 2. The van der Waals surface area contributed by atoms with E-state index in [2.05, 4.69) is 10.7 Å². The Kier molecular flexibility index (Phi) is 5.58. The van der Waals surface area contributed by atoms with Crippen LogP contribution >= 0.6 is 0 Å². The number of hydrogen-bond donors (Lipinski definition) is 2. The normalized spacial score (nSPS) is 21.5. The van der Waals surface area contributed by atoms with Crippen LogP contribution in [0.1, 0.15) is 6.92 Å². The maximum atomic E-state index is 14.7. The highest BCUT2D eigenvalue weighted by Crippen LogP contribution is 2.28. The van der Waals surface area contributed by atoms with Gasteiger partial charge in [-0.1, -0.05) is 0 Å². The standard InChI is InChI=1S/C17H24FN5O3/c1-12(24)19-10-14-11-23(17(25)26-14)13-3-4-16(15(18)9-13)22-6-5-20-21(2)7-8-22/h3-4,9,14,20H,5-8,10-11H2,1-2H3,(H,19,24)/t14-/m0/s1. The van der Waals surface area contributed by atoms with Crippen molar-refractivity contribution in [2.45, 2.75) is 13.0 Å². The summed E-state index contributed by atoms with van der Waals surface area (Å²) in [5.41, 5.74) is 4.19. The fourth-order valence-corrected chi connectivity index (χ4v) is 3.09. The molecule has 1 aromatic rings. The van der Waals surface area contributed by atoms with E-state index in [1.165, 1.54) is 17.9 Å². The summed E-state index contributed by atoms with van der Waals surface area (Å²) in [7, 11) is 1.96. The number of carbonyl (C=O) groups is 2. The molecule has 0 saturated carbocycles. The molecule has 0 bridgehead atoms. The molecule has 0 unspecified atom stereocenters. The van der Waals surface area contributed by atoms with Gasteiger partial charge in [-0.05, 0) is 18.2 Å². The van der Waals surface area contributed by atoms with Crippen LogP contribution in [0.3, 0.4) is 0 Å². The van der Waals surface area contributed by atoms with Crippen molar-refractivity contribution in [1.82, 2.24) is 15.8 Å². The first-order valence-electron chi connectivity index (χ1n) is 8.66. The fraction of sp³-hybridized carbons (Fsp3) is 0.529. The summed E-state index contributed by atoms with van der Waals surface area (Å²) in [6.45, 7) is 4.85. The van der Waals surface area contributed by atoms with Crippen molar-refractivity contribution in [1.29, 1.82) is 0 Å². The van der Waals surface area contributed by atoms with Gasteiger partial charge >= 0.3 is 6.09 Å². The largest absolute Gasteiger partial charge is 0.442 e. The zero-order valence-electron chi connectivity index (χ0n) is 15.0. The lowest BCUT2D eigenvalue weighted by molar-refractivity contribution is -0.119. The maximum Gasteiger partial charge on any atom is 0.414 e. The molecule has 2 N–H and O–H groups in total. The molecule has 0 aromatic heterocycles. The van der Waals surface area contributed by atoms with Crippen molar-refractivity contribution in [3.05, 3.63) is 24.0 Å².